The number of anilines is 1. The molecule has 0 aliphatic heterocycles. The number of aromatic nitrogens is 2. The molecule has 0 unspecified atom stereocenters. The third kappa shape index (κ3) is 3.55. The highest BCUT2D eigenvalue weighted by Crippen LogP contribution is 2.28. The molecule has 2 aromatic rings. The minimum Gasteiger partial charge on any atom is -0.378 e. The highest BCUT2D eigenvalue weighted by molar-refractivity contribution is 6.42. The highest BCUT2D eigenvalue weighted by Gasteiger charge is 2.10. The summed E-state index contributed by atoms with van der Waals surface area (Å²) in [5.74, 6) is 0.439. The highest BCUT2D eigenvalue weighted by atomic mass is 35.5. The summed E-state index contributed by atoms with van der Waals surface area (Å²) in [6, 6.07) is 3.50. The lowest BCUT2D eigenvalue weighted by Crippen LogP contribution is -2.19. The van der Waals surface area contributed by atoms with Crippen molar-refractivity contribution in [1.29, 1.82) is 0 Å². The Hall–Kier alpha value is -1.01. The lowest BCUT2D eigenvalue weighted by molar-refractivity contribution is 0.112. The minimum atomic E-state index is 0.439. The molecule has 2 rings (SSSR count). The van der Waals surface area contributed by atoms with Crippen molar-refractivity contribution in [3.8, 4) is 0 Å². The predicted molar refractivity (Wildman–Crippen MR) is 83.5 cm³/mol. The van der Waals surface area contributed by atoms with Gasteiger partial charge < -0.3 is 19.9 Å². The van der Waals surface area contributed by atoms with Gasteiger partial charge in [0.2, 0.25) is 5.95 Å². The molecule has 20 heavy (non-hydrogen) atoms. The van der Waals surface area contributed by atoms with Crippen molar-refractivity contribution in [2.75, 3.05) is 39.6 Å². The van der Waals surface area contributed by atoms with E-state index in [2.05, 4.69) is 9.88 Å². The number of hydrogen-bond acceptors (Lipinski definition) is 4. The Labute approximate surface area is 128 Å². The first-order chi connectivity index (χ1) is 9.49. The van der Waals surface area contributed by atoms with E-state index in [4.69, 9.17) is 33.7 Å². The Morgan fingerprint density at radius 1 is 1.25 bits per heavy atom. The van der Waals surface area contributed by atoms with Crippen molar-refractivity contribution in [1.82, 2.24) is 14.5 Å². The molecule has 0 aliphatic carbocycles. The molecule has 0 fully saturated rings. The molecule has 110 valence electrons. The van der Waals surface area contributed by atoms with Crippen molar-refractivity contribution in [3.05, 3.63) is 22.2 Å². The Morgan fingerprint density at radius 2 is 1.95 bits per heavy atom. The van der Waals surface area contributed by atoms with Crippen molar-refractivity contribution in [2.24, 2.45) is 0 Å². The minimum absolute atomic E-state index is 0.439. The van der Waals surface area contributed by atoms with Crippen molar-refractivity contribution in [3.63, 3.8) is 0 Å². The third-order valence-electron chi connectivity index (χ3n) is 2.96. The number of halogens is 2. The second kappa shape index (κ2) is 6.63. The molecule has 5 nitrogen and oxygen atoms in total. The zero-order valence-electron chi connectivity index (χ0n) is 11.6. The number of nitrogen functional groups attached to an aromatic ring is 1. The van der Waals surface area contributed by atoms with Gasteiger partial charge in [-0.25, -0.2) is 4.98 Å². The summed E-state index contributed by atoms with van der Waals surface area (Å²) in [6.07, 6.45) is 0. The van der Waals surface area contributed by atoms with Gasteiger partial charge in [-0.3, -0.25) is 0 Å². The fraction of sp³-hybridized carbons (Fsp3) is 0.462. The number of fused-ring (bicyclic) bond motifs is 1. The average molecular weight is 317 g/mol. The number of benzene rings is 1. The molecule has 2 N–H and O–H groups in total. The van der Waals surface area contributed by atoms with Crippen LogP contribution in [0.1, 0.15) is 0 Å². The number of likely N-dealkylation sites (N-methyl/N-ethyl adjacent to an activating group) is 1. The Kier molecular flexibility index (Phi) is 5.10. The van der Waals surface area contributed by atoms with Crippen LogP contribution < -0.4 is 5.73 Å². The van der Waals surface area contributed by atoms with Crippen molar-refractivity contribution < 1.29 is 4.74 Å². The number of nitrogens with two attached hydrogens (primary N) is 1. The van der Waals surface area contributed by atoms with E-state index in [-0.39, 0.29) is 0 Å². The molecular weight excluding hydrogens is 299 g/mol. The summed E-state index contributed by atoms with van der Waals surface area (Å²) >= 11 is 12.0. The summed E-state index contributed by atoms with van der Waals surface area (Å²) in [5.41, 5.74) is 7.53. The van der Waals surface area contributed by atoms with E-state index < -0.39 is 0 Å². The van der Waals surface area contributed by atoms with Crippen LogP contribution in [0.15, 0.2) is 12.1 Å². The quantitative estimate of drug-likeness (QED) is 0.832. The van der Waals surface area contributed by atoms with Gasteiger partial charge in [-0.15, -0.1) is 0 Å². The molecule has 0 radical (unpaired) electrons. The summed E-state index contributed by atoms with van der Waals surface area (Å²) in [6.45, 7) is 2.78. The normalized spacial score (nSPS) is 11.7. The van der Waals surface area contributed by atoms with E-state index in [0.717, 1.165) is 17.6 Å². The Morgan fingerprint density at radius 3 is 2.65 bits per heavy atom. The first-order valence-corrected chi connectivity index (χ1v) is 7.08. The number of imidazole rings is 1. The molecule has 7 heteroatoms. The third-order valence-corrected chi connectivity index (χ3v) is 3.68. The molecule has 0 amide bonds. The molecule has 0 aliphatic rings. The zero-order valence-corrected chi connectivity index (χ0v) is 13.1. The van der Waals surface area contributed by atoms with E-state index in [9.17, 15) is 0 Å². The van der Waals surface area contributed by atoms with Crippen LogP contribution in [0.2, 0.25) is 10.0 Å². The molecule has 1 aromatic carbocycles. The molecule has 0 saturated carbocycles. The van der Waals surface area contributed by atoms with Crippen LogP contribution in [0.25, 0.3) is 11.0 Å². The van der Waals surface area contributed by atoms with Gasteiger partial charge in [-0.05, 0) is 26.2 Å². The molecule has 0 spiro atoms. The molecule has 0 saturated heterocycles. The van der Waals surface area contributed by atoms with E-state index >= 15 is 0 Å². The topological polar surface area (TPSA) is 56.3 Å². The summed E-state index contributed by atoms with van der Waals surface area (Å²) in [5, 5.41) is 0.972. The molecule has 0 atom stereocenters. The maximum atomic E-state index is 6.04. The Bertz CT molecular complexity index is 598. The second-order valence-electron chi connectivity index (χ2n) is 4.79. The number of rotatable bonds is 6. The monoisotopic (exact) mass is 316 g/mol. The fourth-order valence-electron chi connectivity index (χ4n) is 1.88. The molecule has 0 bridgehead atoms. The van der Waals surface area contributed by atoms with Crippen LogP contribution in [0.4, 0.5) is 5.95 Å². The van der Waals surface area contributed by atoms with Gasteiger partial charge in [0.15, 0.2) is 0 Å². The van der Waals surface area contributed by atoms with Gasteiger partial charge in [-0.2, -0.15) is 0 Å². The largest absolute Gasteiger partial charge is 0.378 e. The number of hydrogen-bond donors (Lipinski definition) is 1. The first kappa shape index (κ1) is 15.4. The van der Waals surface area contributed by atoms with Gasteiger partial charge in [0, 0.05) is 13.1 Å². The summed E-state index contributed by atoms with van der Waals surface area (Å²) in [7, 11) is 4.02. The van der Waals surface area contributed by atoms with E-state index in [1.807, 2.05) is 18.7 Å². The van der Waals surface area contributed by atoms with Crippen LogP contribution in [-0.4, -0.2) is 48.3 Å². The lowest BCUT2D eigenvalue weighted by atomic mass is 10.3. The summed E-state index contributed by atoms with van der Waals surface area (Å²) < 4.78 is 7.45. The number of nitrogens with zero attached hydrogens (tertiary/aromatic N) is 3. The maximum Gasteiger partial charge on any atom is 0.201 e. The van der Waals surface area contributed by atoms with Gasteiger partial charge in [0.1, 0.15) is 0 Å². The summed E-state index contributed by atoms with van der Waals surface area (Å²) in [4.78, 5) is 6.35. The van der Waals surface area contributed by atoms with Crippen LogP contribution in [0, 0.1) is 0 Å². The van der Waals surface area contributed by atoms with Crippen LogP contribution in [-0.2, 0) is 11.3 Å². The zero-order chi connectivity index (χ0) is 14.7. The molecule has 1 aromatic heterocycles. The molecular formula is C13H18Cl2N4O. The van der Waals surface area contributed by atoms with E-state index in [0.29, 0.717) is 35.8 Å². The predicted octanol–water partition coefficient (Wildman–Crippen LogP) is 2.50. The lowest BCUT2D eigenvalue weighted by Gasteiger charge is -2.11. The molecule has 1 heterocycles. The van der Waals surface area contributed by atoms with Crippen LogP contribution in [0.3, 0.4) is 0 Å². The second-order valence-corrected chi connectivity index (χ2v) is 5.61. The smallest absolute Gasteiger partial charge is 0.201 e. The van der Waals surface area contributed by atoms with Gasteiger partial charge >= 0.3 is 0 Å². The maximum absolute atomic E-state index is 6.04. The standard InChI is InChI=1S/C13H18Cl2N4O/c1-18(2)3-5-20-6-4-19-12-8-10(15)9(14)7-11(12)17-13(19)16/h7-8H,3-6H2,1-2H3,(H2,16,17). The van der Waals surface area contributed by atoms with E-state index in [1.165, 1.54) is 0 Å². The van der Waals surface area contributed by atoms with Gasteiger partial charge in [0.05, 0.1) is 34.3 Å². The average Bonchev–Trinajstić information content (AvgIpc) is 2.65. The van der Waals surface area contributed by atoms with E-state index in [1.54, 1.807) is 12.1 Å². The van der Waals surface area contributed by atoms with Gasteiger partial charge in [0.25, 0.3) is 0 Å². The van der Waals surface area contributed by atoms with Crippen LogP contribution >= 0.6 is 23.2 Å². The van der Waals surface area contributed by atoms with Crippen molar-refractivity contribution >= 4 is 40.2 Å². The number of ether oxygens (including phenoxy) is 1. The van der Waals surface area contributed by atoms with Gasteiger partial charge in [-0.1, -0.05) is 23.2 Å². The Balaban J connectivity index is 2.06. The SMILES string of the molecule is CN(C)CCOCCn1c(N)nc2cc(Cl)c(Cl)cc21. The fourth-order valence-corrected chi connectivity index (χ4v) is 2.19. The van der Waals surface area contributed by atoms with Crippen molar-refractivity contribution in [2.45, 2.75) is 6.54 Å². The first-order valence-electron chi connectivity index (χ1n) is 6.32. The van der Waals surface area contributed by atoms with Crippen LogP contribution in [0.5, 0.6) is 0 Å².